The number of anilines is 1. The van der Waals surface area contributed by atoms with E-state index < -0.39 is 0 Å². The zero-order valence-electron chi connectivity index (χ0n) is 12.1. The number of benzene rings is 2. The van der Waals surface area contributed by atoms with Crippen LogP contribution in [-0.4, -0.2) is 20.2 Å². The largest absolute Gasteiger partial charge is 0.496 e. The highest BCUT2D eigenvalue weighted by atomic mass is 79.9. The molecular formula is C17H19BrN2O. The molecular weight excluding hydrogens is 328 g/mol. The highest BCUT2D eigenvalue weighted by Gasteiger charge is 2.15. The number of rotatable bonds is 3. The molecule has 3 nitrogen and oxygen atoms in total. The fraction of sp³-hybridized carbons (Fsp3) is 0.294. The summed E-state index contributed by atoms with van der Waals surface area (Å²) in [4.78, 5) is 2.43. The third kappa shape index (κ3) is 3.22. The van der Waals surface area contributed by atoms with Gasteiger partial charge in [0.15, 0.2) is 0 Å². The van der Waals surface area contributed by atoms with Gasteiger partial charge in [0, 0.05) is 31.9 Å². The molecule has 0 atom stereocenters. The third-order valence-corrected chi connectivity index (χ3v) is 4.42. The van der Waals surface area contributed by atoms with E-state index in [2.05, 4.69) is 62.5 Å². The lowest BCUT2D eigenvalue weighted by atomic mass is 10.1. The highest BCUT2D eigenvalue weighted by molar-refractivity contribution is 9.10. The van der Waals surface area contributed by atoms with Crippen LogP contribution in [0.4, 0.5) is 5.69 Å². The Morgan fingerprint density at radius 3 is 2.90 bits per heavy atom. The molecule has 4 heteroatoms. The Labute approximate surface area is 134 Å². The minimum absolute atomic E-state index is 0.872. The SMILES string of the molecule is COc1ccc(CN2CCNCc3ccccc32)cc1Br. The summed E-state index contributed by atoms with van der Waals surface area (Å²) in [7, 11) is 1.69. The van der Waals surface area contributed by atoms with E-state index in [0.29, 0.717) is 0 Å². The maximum Gasteiger partial charge on any atom is 0.133 e. The molecule has 1 N–H and O–H groups in total. The smallest absolute Gasteiger partial charge is 0.133 e. The molecule has 1 heterocycles. The highest BCUT2D eigenvalue weighted by Crippen LogP contribution is 2.28. The number of nitrogens with one attached hydrogen (secondary N) is 1. The van der Waals surface area contributed by atoms with Gasteiger partial charge in [-0.3, -0.25) is 0 Å². The van der Waals surface area contributed by atoms with Crippen molar-refractivity contribution in [2.45, 2.75) is 13.1 Å². The Balaban J connectivity index is 1.86. The van der Waals surface area contributed by atoms with Crippen molar-refractivity contribution in [3.05, 3.63) is 58.1 Å². The van der Waals surface area contributed by atoms with Gasteiger partial charge in [0.1, 0.15) is 5.75 Å². The number of halogens is 1. The van der Waals surface area contributed by atoms with Crippen molar-refractivity contribution in [3.63, 3.8) is 0 Å². The predicted octanol–water partition coefficient (Wildman–Crippen LogP) is 3.57. The van der Waals surface area contributed by atoms with Gasteiger partial charge in [0.25, 0.3) is 0 Å². The first kappa shape index (κ1) is 14.4. The lowest BCUT2D eigenvalue weighted by molar-refractivity contribution is 0.412. The zero-order valence-corrected chi connectivity index (χ0v) is 13.7. The van der Waals surface area contributed by atoms with Crippen LogP contribution in [-0.2, 0) is 13.1 Å². The van der Waals surface area contributed by atoms with Crippen LogP contribution in [0.25, 0.3) is 0 Å². The van der Waals surface area contributed by atoms with Crippen molar-refractivity contribution in [3.8, 4) is 5.75 Å². The molecule has 2 aromatic rings. The summed E-state index contributed by atoms with van der Waals surface area (Å²) < 4.78 is 6.30. The molecule has 110 valence electrons. The fourth-order valence-corrected chi connectivity index (χ4v) is 3.31. The summed E-state index contributed by atoms with van der Waals surface area (Å²) in [5.41, 5.74) is 3.97. The average molecular weight is 347 g/mol. The Morgan fingerprint density at radius 1 is 1.24 bits per heavy atom. The van der Waals surface area contributed by atoms with Crippen LogP contribution in [0, 0.1) is 0 Å². The minimum atomic E-state index is 0.872. The molecule has 0 radical (unpaired) electrons. The molecule has 3 rings (SSSR count). The maximum absolute atomic E-state index is 5.30. The lowest BCUT2D eigenvalue weighted by Crippen LogP contribution is -2.28. The maximum atomic E-state index is 5.30. The van der Waals surface area contributed by atoms with Crippen LogP contribution in [0.1, 0.15) is 11.1 Å². The average Bonchev–Trinajstić information content (AvgIpc) is 2.70. The first-order chi connectivity index (χ1) is 10.3. The van der Waals surface area contributed by atoms with Crippen molar-refractivity contribution in [1.29, 1.82) is 0 Å². The molecule has 0 fully saturated rings. The number of methoxy groups -OCH3 is 1. The number of ether oxygens (including phenoxy) is 1. The number of fused-ring (bicyclic) bond motifs is 1. The molecule has 1 aliphatic heterocycles. The van der Waals surface area contributed by atoms with Gasteiger partial charge >= 0.3 is 0 Å². The Kier molecular flexibility index (Phi) is 4.46. The Bertz CT molecular complexity index is 630. The summed E-state index contributed by atoms with van der Waals surface area (Å²) in [6.45, 7) is 3.87. The van der Waals surface area contributed by atoms with Crippen LogP contribution >= 0.6 is 15.9 Å². The van der Waals surface area contributed by atoms with E-state index in [1.54, 1.807) is 7.11 Å². The summed E-state index contributed by atoms with van der Waals surface area (Å²) in [5.74, 6) is 0.872. The third-order valence-electron chi connectivity index (χ3n) is 3.80. The van der Waals surface area contributed by atoms with Crippen LogP contribution in [0.15, 0.2) is 46.9 Å². The van der Waals surface area contributed by atoms with Crippen molar-refractivity contribution < 1.29 is 4.74 Å². The molecule has 0 aromatic heterocycles. The van der Waals surface area contributed by atoms with E-state index in [-0.39, 0.29) is 0 Å². The molecule has 0 saturated carbocycles. The van der Waals surface area contributed by atoms with E-state index >= 15 is 0 Å². The van der Waals surface area contributed by atoms with Crippen LogP contribution in [0.5, 0.6) is 5.75 Å². The molecule has 1 aliphatic rings. The number of para-hydroxylation sites is 1. The number of hydrogen-bond donors (Lipinski definition) is 1. The summed E-state index contributed by atoms with van der Waals surface area (Å²) in [6, 6.07) is 14.9. The molecule has 0 unspecified atom stereocenters. The second-order valence-electron chi connectivity index (χ2n) is 5.20. The van der Waals surface area contributed by atoms with E-state index in [9.17, 15) is 0 Å². The first-order valence-electron chi connectivity index (χ1n) is 7.14. The van der Waals surface area contributed by atoms with E-state index in [1.165, 1.54) is 16.8 Å². The molecule has 0 bridgehead atoms. The van der Waals surface area contributed by atoms with Crippen LogP contribution in [0.3, 0.4) is 0 Å². The summed E-state index contributed by atoms with van der Waals surface area (Å²) in [5, 5.41) is 3.48. The summed E-state index contributed by atoms with van der Waals surface area (Å²) in [6.07, 6.45) is 0. The quantitative estimate of drug-likeness (QED) is 0.919. The van der Waals surface area contributed by atoms with Gasteiger partial charge in [-0.2, -0.15) is 0 Å². The minimum Gasteiger partial charge on any atom is -0.496 e. The van der Waals surface area contributed by atoms with Crippen molar-refractivity contribution in [2.24, 2.45) is 0 Å². The van der Waals surface area contributed by atoms with Crippen molar-refractivity contribution >= 4 is 21.6 Å². The van der Waals surface area contributed by atoms with Crippen molar-refractivity contribution in [1.82, 2.24) is 5.32 Å². The van der Waals surface area contributed by atoms with Gasteiger partial charge in [-0.1, -0.05) is 24.3 Å². The van der Waals surface area contributed by atoms with E-state index in [1.807, 2.05) is 6.07 Å². The standard InChI is InChI=1S/C17H19BrN2O/c1-21-17-7-6-13(10-15(17)18)12-20-9-8-19-11-14-4-2-3-5-16(14)20/h2-7,10,19H,8-9,11-12H2,1H3. The fourth-order valence-electron chi connectivity index (χ4n) is 2.72. The summed E-state index contributed by atoms with van der Waals surface area (Å²) >= 11 is 3.56. The Hall–Kier alpha value is -1.52. The van der Waals surface area contributed by atoms with Gasteiger partial charge in [0.2, 0.25) is 0 Å². The van der Waals surface area contributed by atoms with Gasteiger partial charge in [-0.05, 0) is 45.3 Å². The molecule has 21 heavy (non-hydrogen) atoms. The van der Waals surface area contributed by atoms with Gasteiger partial charge < -0.3 is 15.0 Å². The topological polar surface area (TPSA) is 24.5 Å². The Morgan fingerprint density at radius 2 is 2.10 bits per heavy atom. The van der Waals surface area contributed by atoms with Gasteiger partial charge in [-0.25, -0.2) is 0 Å². The van der Waals surface area contributed by atoms with Crippen molar-refractivity contribution in [2.75, 3.05) is 25.1 Å². The second kappa shape index (κ2) is 6.50. The molecule has 0 spiro atoms. The first-order valence-corrected chi connectivity index (χ1v) is 7.93. The normalized spacial score (nSPS) is 14.5. The molecule has 0 aliphatic carbocycles. The molecule has 0 amide bonds. The second-order valence-corrected chi connectivity index (χ2v) is 6.05. The van der Waals surface area contributed by atoms with Gasteiger partial charge in [-0.15, -0.1) is 0 Å². The van der Waals surface area contributed by atoms with Crippen LogP contribution in [0.2, 0.25) is 0 Å². The monoisotopic (exact) mass is 346 g/mol. The van der Waals surface area contributed by atoms with E-state index in [4.69, 9.17) is 4.74 Å². The molecule has 2 aromatic carbocycles. The predicted molar refractivity (Wildman–Crippen MR) is 89.9 cm³/mol. The van der Waals surface area contributed by atoms with E-state index in [0.717, 1.165) is 36.4 Å². The lowest BCUT2D eigenvalue weighted by Gasteiger charge is -2.25. The molecule has 0 saturated heterocycles. The van der Waals surface area contributed by atoms with Gasteiger partial charge in [0.05, 0.1) is 11.6 Å². The number of nitrogens with zero attached hydrogens (tertiary/aromatic N) is 1. The van der Waals surface area contributed by atoms with Crippen LogP contribution < -0.4 is 15.0 Å². The number of hydrogen-bond acceptors (Lipinski definition) is 3. The zero-order chi connectivity index (χ0) is 14.7.